The Labute approximate surface area is 128 Å². The molecule has 0 aliphatic rings. The van der Waals surface area contributed by atoms with Crippen LogP contribution in [0.15, 0.2) is 30.5 Å². The molecule has 2 rings (SSSR count). The zero-order valence-corrected chi connectivity index (χ0v) is 12.1. The molecule has 1 heterocycles. The van der Waals surface area contributed by atoms with E-state index in [0.29, 0.717) is 6.42 Å². The number of carboxylic acid groups (broad SMARTS) is 1. The topological polar surface area (TPSA) is 106 Å². The van der Waals surface area contributed by atoms with Gasteiger partial charge in [-0.2, -0.15) is 0 Å². The SMILES string of the molecule is Cl.O=C(O)[C@H](Cc1c[nH]c2ccccc12)NCC(O)CO. The normalized spacial score (nSPS) is 13.6. The highest BCUT2D eigenvalue weighted by atomic mass is 35.5. The number of aliphatic hydroxyl groups is 2. The standard InChI is InChI=1S/C14H18N2O4.ClH/c17-8-10(18)7-16-13(14(19)20)5-9-6-15-12-4-2-1-3-11(9)12;/h1-4,6,10,13,15-18H,5,7-8H2,(H,19,20);1H/t10?,13-;/m0./s1. The molecule has 21 heavy (non-hydrogen) atoms. The minimum Gasteiger partial charge on any atom is -0.480 e. The van der Waals surface area contributed by atoms with Crippen LogP contribution in [0.4, 0.5) is 0 Å². The summed E-state index contributed by atoms with van der Waals surface area (Å²) in [5.74, 6) is -0.986. The van der Waals surface area contributed by atoms with Gasteiger partial charge in [-0.05, 0) is 11.6 Å². The van der Waals surface area contributed by atoms with E-state index in [-0.39, 0.29) is 19.0 Å². The zero-order chi connectivity index (χ0) is 14.5. The number of hydrogen-bond donors (Lipinski definition) is 5. The lowest BCUT2D eigenvalue weighted by Crippen LogP contribution is -2.43. The fraction of sp³-hybridized carbons (Fsp3) is 0.357. The second-order valence-corrected chi connectivity index (χ2v) is 4.70. The molecule has 0 amide bonds. The van der Waals surface area contributed by atoms with Crippen molar-refractivity contribution in [1.82, 2.24) is 10.3 Å². The molecule has 7 heteroatoms. The van der Waals surface area contributed by atoms with Gasteiger partial charge in [-0.1, -0.05) is 18.2 Å². The first-order chi connectivity index (χ1) is 9.61. The summed E-state index contributed by atoms with van der Waals surface area (Å²) in [4.78, 5) is 14.3. The predicted molar refractivity (Wildman–Crippen MR) is 81.8 cm³/mol. The van der Waals surface area contributed by atoms with E-state index in [1.54, 1.807) is 6.20 Å². The first-order valence-corrected chi connectivity index (χ1v) is 6.42. The van der Waals surface area contributed by atoms with Gasteiger partial charge in [0.15, 0.2) is 0 Å². The molecule has 1 aromatic carbocycles. The fourth-order valence-corrected chi connectivity index (χ4v) is 2.11. The third-order valence-corrected chi connectivity index (χ3v) is 3.21. The minimum absolute atomic E-state index is 0. The van der Waals surface area contributed by atoms with Crippen LogP contribution >= 0.6 is 12.4 Å². The van der Waals surface area contributed by atoms with Crippen molar-refractivity contribution in [3.8, 4) is 0 Å². The lowest BCUT2D eigenvalue weighted by Gasteiger charge is -2.16. The third-order valence-electron chi connectivity index (χ3n) is 3.21. The zero-order valence-electron chi connectivity index (χ0n) is 11.3. The van der Waals surface area contributed by atoms with E-state index in [2.05, 4.69) is 10.3 Å². The molecule has 0 saturated heterocycles. The largest absolute Gasteiger partial charge is 0.480 e. The van der Waals surface area contributed by atoms with Crippen LogP contribution in [0.1, 0.15) is 5.56 Å². The number of fused-ring (bicyclic) bond motifs is 1. The summed E-state index contributed by atoms with van der Waals surface area (Å²) in [7, 11) is 0. The first-order valence-electron chi connectivity index (χ1n) is 6.42. The van der Waals surface area contributed by atoms with E-state index in [9.17, 15) is 15.0 Å². The highest BCUT2D eigenvalue weighted by Gasteiger charge is 2.20. The molecule has 0 saturated carbocycles. The van der Waals surface area contributed by atoms with Gasteiger partial charge in [0.05, 0.1) is 12.7 Å². The van der Waals surface area contributed by atoms with E-state index >= 15 is 0 Å². The van der Waals surface area contributed by atoms with Crippen LogP contribution in [-0.4, -0.2) is 51.6 Å². The Kier molecular flexibility index (Phi) is 6.64. The van der Waals surface area contributed by atoms with Crippen LogP contribution in [0.5, 0.6) is 0 Å². The van der Waals surface area contributed by atoms with Crippen LogP contribution in [0.2, 0.25) is 0 Å². The molecule has 2 atom stereocenters. The monoisotopic (exact) mass is 314 g/mol. The molecule has 6 nitrogen and oxygen atoms in total. The van der Waals surface area contributed by atoms with Crippen molar-refractivity contribution < 1.29 is 20.1 Å². The van der Waals surface area contributed by atoms with Crippen LogP contribution in [0, 0.1) is 0 Å². The predicted octanol–water partition coefficient (Wildman–Crippen LogP) is 0.528. The van der Waals surface area contributed by atoms with Gasteiger partial charge in [-0.3, -0.25) is 4.79 Å². The summed E-state index contributed by atoms with van der Waals surface area (Å²) in [5.41, 5.74) is 1.86. The second kappa shape index (κ2) is 7.99. The molecule has 0 spiro atoms. The summed E-state index contributed by atoms with van der Waals surface area (Å²) in [5, 5.41) is 31.0. The molecular weight excluding hydrogens is 296 g/mol. The molecule has 0 aliphatic heterocycles. The number of carbonyl (C=O) groups is 1. The van der Waals surface area contributed by atoms with Crippen LogP contribution < -0.4 is 5.32 Å². The molecule has 0 bridgehead atoms. The van der Waals surface area contributed by atoms with Crippen LogP contribution in [0.25, 0.3) is 10.9 Å². The summed E-state index contributed by atoms with van der Waals surface area (Å²) in [6.45, 7) is -0.359. The number of aliphatic hydroxyl groups excluding tert-OH is 2. The maximum absolute atomic E-state index is 11.2. The van der Waals surface area contributed by atoms with E-state index in [1.807, 2.05) is 24.3 Å². The summed E-state index contributed by atoms with van der Waals surface area (Å²) < 4.78 is 0. The summed E-state index contributed by atoms with van der Waals surface area (Å²) in [6.07, 6.45) is 1.14. The average molecular weight is 315 g/mol. The Morgan fingerprint density at radius 3 is 2.71 bits per heavy atom. The third kappa shape index (κ3) is 4.44. The number of H-pyrrole nitrogens is 1. The van der Waals surface area contributed by atoms with Gasteiger partial charge in [-0.15, -0.1) is 12.4 Å². The number of rotatable bonds is 7. The van der Waals surface area contributed by atoms with E-state index in [4.69, 9.17) is 5.11 Å². The molecule has 0 aliphatic carbocycles. The molecule has 2 aromatic rings. The maximum Gasteiger partial charge on any atom is 0.321 e. The lowest BCUT2D eigenvalue weighted by molar-refractivity contribution is -0.139. The van der Waals surface area contributed by atoms with Gasteiger partial charge >= 0.3 is 5.97 Å². The molecule has 116 valence electrons. The quantitative estimate of drug-likeness (QED) is 0.512. The number of para-hydroxylation sites is 1. The van der Waals surface area contributed by atoms with Crippen molar-refractivity contribution in [2.24, 2.45) is 0 Å². The van der Waals surface area contributed by atoms with E-state index < -0.39 is 24.7 Å². The maximum atomic E-state index is 11.2. The van der Waals surface area contributed by atoms with Gasteiger partial charge in [0.25, 0.3) is 0 Å². The van der Waals surface area contributed by atoms with Gasteiger partial charge < -0.3 is 25.6 Å². The molecular formula is C14H19ClN2O4. The summed E-state index contributed by atoms with van der Waals surface area (Å²) >= 11 is 0. The van der Waals surface area contributed by atoms with Crippen molar-refractivity contribution in [2.75, 3.05) is 13.2 Å². The van der Waals surface area contributed by atoms with Crippen LogP contribution in [-0.2, 0) is 11.2 Å². The van der Waals surface area contributed by atoms with Crippen molar-refractivity contribution >= 4 is 29.3 Å². The van der Waals surface area contributed by atoms with Crippen molar-refractivity contribution in [2.45, 2.75) is 18.6 Å². The number of aromatic amines is 1. The van der Waals surface area contributed by atoms with E-state index in [1.165, 1.54) is 0 Å². The first kappa shape index (κ1) is 17.5. The number of aromatic nitrogens is 1. The van der Waals surface area contributed by atoms with E-state index in [0.717, 1.165) is 16.5 Å². The molecule has 1 aromatic heterocycles. The van der Waals surface area contributed by atoms with Gasteiger partial charge in [0, 0.05) is 30.1 Å². The smallest absolute Gasteiger partial charge is 0.321 e. The van der Waals surface area contributed by atoms with Crippen LogP contribution in [0.3, 0.4) is 0 Å². The van der Waals surface area contributed by atoms with Crippen molar-refractivity contribution in [3.05, 3.63) is 36.0 Å². The van der Waals surface area contributed by atoms with Gasteiger partial charge in [0.1, 0.15) is 6.04 Å². The van der Waals surface area contributed by atoms with Gasteiger partial charge in [0.2, 0.25) is 0 Å². The number of hydrogen-bond acceptors (Lipinski definition) is 4. The minimum atomic E-state index is -0.986. The Morgan fingerprint density at radius 1 is 1.33 bits per heavy atom. The average Bonchev–Trinajstić information content (AvgIpc) is 2.86. The van der Waals surface area contributed by atoms with Crippen molar-refractivity contribution in [3.63, 3.8) is 0 Å². The number of benzene rings is 1. The highest BCUT2D eigenvalue weighted by molar-refractivity contribution is 5.85. The lowest BCUT2D eigenvalue weighted by atomic mass is 10.0. The Bertz CT molecular complexity index is 587. The Hall–Kier alpha value is -1.60. The Morgan fingerprint density at radius 2 is 2.05 bits per heavy atom. The molecule has 1 unspecified atom stereocenters. The number of carboxylic acids is 1. The Balaban J connectivity index is 0.00000220. The molecule has 0 fully saturated rings. The summed E-state index contributed by atoms with van der Waals surface area (Å²) in [6, 6.07) is 6.86. The second-order valence-electron chi connectivity index (χ2n) is 4.70. The molecule has 5 N–H and O–H groups in total. The highest BCUT2D eigenvalue weighted by Crippen LogP contribution is 2.19. The number of aliphatic carboxylic acids is 1. The number of nitrogens with one attached hydrogen (secondary N) is 2. The fourth-order valence-electron chi connectivity index (χ4n) is 2.11. The number of halogens is 1. The van der Waals surface area contributed by atoms with Gasteiger partial charge in [-0.25, -0.2) is 0 Å². The van der Waals surface area contributed by atoms with Crippen molar-refractivity contribution in [1.29, 1.82) is 0 Å². The molecule has 0 radical (unpaired) electrons.